The van der Waals surface area contributed by atoms with Crippen LogP contribution in [0.25, 0.3) is 10.1 Å². The Hall–Kier alpha value is -0.900. The second kappa shape index (κ2) is 3.80. The molecule has 18 heavy (non-hydrogen) atoms. The molecular formula is C15H17NOS. The molecule has 2 aliphatic heterocycles. The van der Waals surface area contributed by atoms with Crippen molar-refractivity contribution < 1.29 is 5.11 Å². The van der Waals surface area contributed by atoms with Gasteiger partial charge in [0.15, 0.2) is 0 Å². The zero-order valence-electron chi connectivity index (χ0n) is 10.3. The van der Waals surface area contributed by atoms with Gasteiger partial charge >= 0.3 is 0 Å². The first-order valence-electron chi connectivity index (χ1n) is 6.69. The summed E-state index contributed by atoms with van der Waals surface area (Å²) >= 11 is 1.76. The van der Waals surface area contributed by atoms with Gasteiger partial charge in [-0.15, -0.1) is 11.3 Å². The molecule has 4 rings (SSSR count). The van der Waals surface area contributed by atoms with Crippen molar-refractivity contribution in [2.24, 2.45) is 5.92 Å². The van der Waals surface area contributed by atoms with E-state index in [2.05, 4.69) is 34.5 Å². The summed E-state index contributed by atoms with van der Waals surface area (Å²) in [6.07, 6.45) is 2.02. The lowest BCUT2D eigenvalue weighted by Crippen LogP contribution is -2.44. The Bertz CT molecular complexity index is 593. The van der Waals surface area contributed by atoms with Gasteiger partial charge in [-0.25, -0.2) is 0 Å². The summed E-state index contributed by atoms with van der Waals surface area (Å²) in [4.78, 5) is 2.48. The summed E-state index contributed by atoms with van der Waals surface area (Å²) in [6.45, 7) is 3.26. The van der Waals surface area contributed by atoms with Gasteiger partial charge in [-0.1, -0.05) is 18.2 Å². The molecule has 0 spiro atoms. The standard InChI is InChI=1S/C15H17NOS/c17-15(6-8-16-7-4-12(15)10-16)13-3-1-2-11-5-9-18-14(11)13/h1-3,5,9,12,17H,4,6-8,10H2. The van der Waals surface area contributed by atoms with Crippen LogP contribution in [0.3, 0.4) is 0 Å². The number of thiophene rings is 1. The van der Waals surface area contributed by atoms with Crippen molar-refractivity contribution in [3.05, 3.63) is 35.2 Å². The molecule has 0 amide bonds. The lowest BCUT2D eigenvalue weighted by molar-refractivity contribution is -0.0488. The molecule has 1 aromatic heterocycles. The maximum atomic E-state index is 11.2. The second-order valence-electron chi connectivity index (χ2n) is 5.60. The number of hydrogen-bond acceptors (Lipinski definition) is 3. The van der Waals surface area contributed by atoms with Gasteiger partial charge in [0.2, 0.25) is 0 Å². The summed E-state index contributed by atoms with van der Waals surface area (Å²) in [5.74, 6) is 0.416. The molecule has 0 saturated carbocycles. The van der Waals surface area contributed by atoms with Crippen molar-refractivity contribution in [3.8, 4) is 0 Å². The zero-order valence-corrected chi connectivity index (χ0v) is 11.1. The van der Waals surface area contributed by atoms with E-state index in [0.29, 0.717) is 5.92 Å². The highest BCUT2D eigenvalue weighted by atomic mass is 32.1. The van der Waals surface area contributed by atoms with Crippen LogP contribution in [-0.2, 0) is 5.60 Å². The van der Waals surface area contributed by atoms with Gasteiger partial charge in [0.1, 0.15) is 0 Å². The lowest BCUT2D eigenvalue weighted by atomic mass is 9.77. The number of fused-ring (bicyclic) bond motifs is 3. The number of rotatable bonds is 1. The fourth-order valence-electron chi connectivity index (χ4n) is 3.65. The van der Waals surface area contributed by atoms with Gasteiger partial charge in [0.05, 0.1) is 5.60 Å². The minimum Gasteiger partial charge on any atom is -0.385 e. The number of nitrogens with zero attached hydrogens (tertiary/aromatic N) is 1. The third-order valence-corrected chi connectivity index (χ3v) is 5.67. The molecule has 1 aromatic carbocycles. The number of benzene rings is 1. The molecule has 0 radical (unpaired) electrons. The van der Waals surface area contributed by atoms with Crippen LogP contribution in [0.1, 0.15) is 18.4 Å². The molecule has 1 N–H and O–H groups in total. The quantitative estimate of drug-likeness (QED) is 0.851. The summed E-state index contributed by atoms with van der Waals surface area (Å²) in [6, 6.07) is 8.51. The Balaban J connectivity index is 1.88. The Morgan fingerprint density at radius 3 is 3.17 bits per heavy atom. The average molecular weight is 259 g/mol. The van der Waals surface area contributed by atoms with Gasteiger partial charge in [0.25, 0.3) is 0 Å². The van der Waals surface area contributed by atoms with E-state index in [0.717, 1.165) is 32.5 Å². The Kier molecular flexibility index (Phi) is 2.31. The smallest absolute Gasteiger partial charge is 0.0963 e. The highest BCUT2D eigenvalue weighted by Gasteiger charge is 2.46. The molecule has 3 unspecified atom stereocenters. The van der Waals surface area contributed by atoms with E-state index in [4.69, 9.17) is 0 Å². The molecule has 2 fully saturated rings. The van der Waals surface area contributed by atoms with Gasteiger partial charge in [-0.3, -0.25) is 0 Å². The first kappa shape index (κ1) is 11.0. The monoisotopic (exact) mass is 259 g/mol. The minimum absolute atomic E-state index is 0.416. The van der Waals surface area contributed by atoms with Crippen molar-refractivity contribution in [1.82, 2.24) is 4.90 Å². The van der Waals surface area contributed by atoms with Crippen LogP contribution in [-0.4, -0.2) is 29.6 Å². The fraction of sp³-hybridized carbons (Fsp3) is 0.467. The largest absolute Gasteiger partial charge is 0.385 e. The SMILES string of the molecule is OC1(c2cccc3ccsc23)CCN2CCC1C2. The Morgan fingerprint density at radius 1 is 1.28 bits per heavy atom. The molecule has 2 aromatic rings. The molecule has 0 aliphatic carbocycles. The van der Waals surface area contributed by atoms with Crippen LogP contribution in [0.15, 0.2) is 29.6 Å². The molecule has 3 heteroatoms. The van der Waals surface area contributed by atoms with E-state index in [1.165, 1.54) is 15.6 Å². The third kappa shape index (κ3) is 1.41. The molecule has 2 aliphatic rings. The summed E-state index contributed by atoms with van der Waals surface area (Å²) in [5.41, 5.74) is 0.568. The van der Waals surface area contributed by atoms with E-state index in [1.54, 1.807) is 11.3 Å². The van der Waals surface area contributed by atoms with Gasteiger partial charge in [-0.2, -0.15) is 0 Å². The Labute approximate surface area is 111 Å². The minimum atomic E-state index is -0.600. The first-order chi connectivity index (χ1) is 8.77. The van der Waals surface area contributed by atoms with E-state index in [1.807, 2.05) is 0 Å². The molecule has 2 bridgehead atoms. The number of aliphatic hydroxyl groups is 1. The van der Waals surface area contributed by atoms with Crippen LogP contribution >= 0.6 is 11.3 Å². The highest BCUT2D eigenvalue weighted by molar-refractivity contribution is 7.17. The van der Waals surface area contributed by atoms with Crippen LogP contribution in [0.4, 0.5) is 0 Å². The predicted octanol–water partition coefficient (Wildman–Crippen LogP) is 2.81. The van der Waals surface area contributed by atoms with Gasteiger partial charge < -0.3 is 10.0 Å². The average Bonchev–Trinajstić information content (AvgIpc) is 3.02. The van der Waals surface area contributed by atoms with Crippen molar-refractivity contribution in [2.75, 3.05) is 19.6 Å². The van der Waals surface area contributed by atoms with Crippen molar-refractivity contribution in [2.45, 2.75) is 18.4 Å². The Morgan fingerprint density at radius 2 is 2.22 bits per heavy atom. The van der Waals surface area contributed by atoms with Crippen molar-refractivity contribution in [1.29, 1.82) is 0 Å². The van der Waals surface area contributed by atoms with Crippen LogP contribution in [0.5, 0.6) is 0 Å². The maximum absolute atomic E-state index is 11.2. The normalized spacial score (nSPS) is 35.2. The van der Waals surface area contributed by atoms with E-state index in [9.17, 15) is 5.11 Å². The molecule has 3 atom stereocenters. The fourth-order valence-corrected chi connectivity index (χ4v) is 4.64. The number of hydrogen-bond donors (Lipinski definition) is 1. The van der Waals surface area contributed by atoms with Gasteiger partial charge in [-0.05, 0) is 36.2 Å². The molecule has 2 nitrogen and oxygen atoms in total. The maximum Gasteiger partial charge on any atom is 0.0963 e. The van der Waals surface area contributed by atoms with Crippen molar-refractivity contribution >= 4 is 21.4 Å². The molecule has 3 heterocycles. The first-order valence-corrected chi connectivity index (χ1v) is 7.57. The molecule has 2 saturated heterocycles. The number of piperidine rings is 1. The topological polar surface area (TPSA) is 23.5 Å². The lowest BCUT2D eigenvalue weighted by Gasteiger charge is -2.39. The van der Waals surface area contributed by atoms with E-state index in [-0.39, 0.29) is 0 Å². The van der Waals surface area contributed by atoms with E-state index < -0.39 is 5.60 Å². The van der Waals surface area contributed by atoms with Crippen LogP contribution < -0.4 is 0 Å². The second-order valence-corrected chi connectivity index (χ2v) is 6.52. The van der Waals surface area contributed by atoms with Gasteiger partial charge in [0, 0.05) is 29.3 Å². The summed E-state index contributed by atoms with van der Waals surface area (Å²) in [7, 11) is 0. The predicted molar refractivity (Wildman–Crippen MR) is 74.9 cm³/mol. The van der Waals surface area contributed by atoms with E-state index >= 15 is 0 Å². The van der Waals surface area contributed by atoms with Crippen LogP contribution in [0.2, 0.25) is 0 Å². The van der Waals surface area contributed by atoms with Crippen LogP contribution in [0, 0.1) is 5.92 Å². The summed E-state index contributed by atoms with van der Waals surface area (Å²) in [5, 5.41) is 14.6. The van der Waals surface area contributed by atoms with Crippen molar-refractivity contribution in [3.63, 3.8) is 0 Å². The molecular weight excluding hydrogens is 242 g/mol. The molecule has 94 valence electrons. The zero-order chi connectivity index (χ0) is 12.2. The highest BCUT2D eigenvalue weighted by Crippen LogP contribution is 2.45. The third-order valence-electron chi connectivity index (χ3n) is 4.70. The summed E-state index contributed by atoms with van der Waals surface area (Å²) < 4.78 is 1.28.